The number of hydrogen-bond acceptors (Lipinski definition) is 3. The number of benzene rings is 1. The zero-order valence-corrected chi connectivity index (χ0v) is 9.55. The Morgan fingerprint density at radius 2 is 2.11 bits per heavy atom. The number of aromatic carboxylic acids is 1. The summed E-state index contributed by atoms with van der Waals surface area (Å²) in [5.41, 5.74) is 0.237. The highest BCUT2D eigenvalue weighted by Crippen LogP contribution is 2.27. The first kappa shape index (κ1) is 12.0. The summed E-state index contributed by atoms with van der Waals surface area (Å²) >= 11 is 0. The molecule has 5 heteroatoms. The van der Waals surface area contributed by atoms with Crippen LogP contribution in [0.15, 0.2) is 36.5 Å². The number of aryl methyl sites for hydroxylation is 1. The van der Waals surface area contributed by atoms with Gasteiger partial charge in [0.1, 0.15) is 17.1 Å². The van der Waals surface area contributed by atoms with Crippen LogP contribution in [0.4, 0.5) is 4.39 Å². The summed E-state index contributed by atoms with van der Waals surface area (Å²) in [6.07, 6.45) is 1.52. The van der Waals surface area contributed by atoms with E-state index in [1.165, 1.54) is 18.3 Å². The van der Waals surface area contributed by atoms with Crippen LogP contribution in [0.25, 0.3) is 0 Å². The van der Waals surface area contributed by atoms with Gasteiger partial charge in [-0.3, -0.25) is 0 Å². The fraction of sp³-hybridized carbons (Fsp3) is 0.0769. The maximum atomic E-state index is 13.4. The first-order valence-electron chi connectivity index (χ1n) is 5.21. The molecule has 4 nitrogen and oxygen atoms in total. The van der Waals surface area contributed by atoms with E-state index in [4.69, 9.17) is 9.84 Å². The molecule has 1 heterocycles. The summed E-state index contributed by atoms with van der Waals surface area (Å²) in [6, 6.07) is 7.34. The monoisotopic (exact) mass is 247 g/mol. The molecule has 0 unspecified atom stereocenters. The topological polar surface area (TPSA) is 59.4 Å². The summed E-state index contributed by atoms with van der Waals surface area (Å²) in [5, 5.41) is 8.95. The van der Waals surface area contributed by atoms with E-state index in [2.05, 4.69) is 4.98 Å². The van der Waals surface area contributed by atoms with E-state index in [0.29, 0.717) is 0 Å². The van der Waals surface area contributed by atoms with E-state index in [1.807, 2.05) is 0 Å². The minimum absolute atomic E-state index is 0.0655. The lowest BCUT2D eigenvalue weighted by Crippen LogP contribution is -2.04. The maximum Gasteiger partial charge on any atom is 0.342 e. The van der Waals surface area contributed by atoms with E-state index < -0.39 is 17.3 Å². The molecule has 0 saturated carbocycles. The van der Waals surface area contributed by atoms with Gasteiger partial charge >= 0.3 is 5.97 Å². The Morgan fingerprint density at radius 1 is 1.33 bits per heavy atom. The Labute approximate surface area is 103 Å². The number of carbonyl (C=O) groups is 1. The third kappa shape index (κ3) is 2.29. The van der Waals surface area contributed by atoms with E-state index in [0.717, 1.165) is 11.6 Å². The standard InChI is InChI=1S/C13H10FNO3/c1-8-4-3-7-15-12(8)18-10-6-2-5-9(14)11(10)13(16)17/h2-7H,1H3,(H,16,17). The van der Waals surface area contributed by atoms with Crippen molar-refractivity contribution in [2.75, 3.05) is 0 Å². The van der Waals surface area contributed by atoms with Gasteiger partial charge in [-0.2, -0.15) is 0 Å². The molecular weight excluding hydrogens is 237 g/mol. The van der Waals surface area contributed by atoms with E-state index in [9.17, 15) is 9.18 Å². The highest BCUT2D eigenvalue weighted by atomic mass is 19.1. The van der Waals surface area contributed by atoms with Crippen molar-refractivity contribution < 1.29 is 19.0 Å². The Morgan fingerprint density at radius 3 is 2.78 bits per heavy atom. The number of carboxylic acid groups (broad SMARTS) is 1. The number of halogens is 1. The largest absolute Gasteiger partial charge is 0.477 e. The minimum Gasteiger partial charge on any atom is -0.477 e. The molecule has 0 fully saturated rings. The van der Waals surface area contributed by atoms with Gasteiger partial charge in [0.2, 0.25) is 5.88 Å². The quantitative estimate of drug-likeness (QED) is 0.905. The molecular formula is C13H10FNO3. The third-order valence-electron chi connectivity index (χ3n) is 2.36. The Bertz CT molecular complexity index is 599. The second-order valence-corrected chi connectivity index (χ2v) is 3.65. The van der Waals surface area contributed by atoms with Gasteiger partial charge in [-0.25, -0.2) is 14.2 Å². The van der Waals surface area contributed by atoms with E-state index >= 15 is 0 Å². The molecule has 0 radical (unpaired) electrons. The number of hydrogen-bond donors (Lipinski definition) is 1. The molecule has 18 heavy (non-hydrogen) atoms. The second-order valence-electron chi connectivity index (χ2n) is 3.65. The van der Waals surface area contributed by atoms with Crippen LogP contribution < -0.4 is 4.74 Å². The van der Waals surface area contributed by atoms with Crippen molar-refractivity contribution in [2.24, 2.45) is 0 Å². The fourth-order valence-electron chi connectivity index (χ4n) is 1.48. The first-order chi connectivity index (χ1) is 8.59. The van der Waals surface area contributed by atoms with Crippen molar-refractivity contribution in [3.63, 3.8) is 0 Å². The van der Waals surface area contributed by atoms with Gasteiger partial charge in [0.15, 0.2) is 0 Å². The van der Waals surface area contributed by atoms with E-state index in [1.54, 1.807) is 19.1 Å². The lowest BCUT2D eigenvalue weighted by atomic mass is 10.2. The smallest absolute Gasteiger partial charge is 0.342 e. The molecule has 1 aromatic heterocycles. The van der Waals surface area contributed by atoms with Gasteiger partial charge in [0.05, 0.1) is 0 Å². The maximum absolute atomic E-state index is 13.4. The summed E-state index contributed by atoms with van der Waals surface area (Å²) in [6.45, 7) is 1.77. The normalized spacial score (nSPS) is 10.1. The van der Waals surface area contributed by atoms with Crippen LogP contribution >= 0.6 is 0 Å². The Hall–Kier alpha value is -2.43. The minimum atomic E-state index is -1.38. The summed E-state index contributed by atoms with van der Waals surface area (Å²) in [7, 11) is 0. The number of rotatable bonds is 3. The van der Waals surface area contributed by atoms with Crippen LogP contribution in [0.1, 0.15) is 15.9 Å². The Balaban J connectivity index is 2.44. The predicted octanol–water partition coefficient (Wildman–Crippen LogP) is 3.02. The van der Waals surface area contributed by atoms with Crippen LogP contribution in [-0.4, -0.2) is 16.1 Å². The van der Waals surface area contributed by atoms with Crippen molar-refractivity contribution in [1.29, 1.82) is 0 Å². The average Bonchev–Trinajstić information content (AvgIpc) is 2.31. The van der Waals surface area contributed by atoms with Gasteiger partial charge in [0, 0.05) is 11.8 Å². The zero-order chi connectivity index (χ0) is 13.1. The molecule has 0 bridgehead atoms. The van der Waals surface area contributed by atoms with Crippen LogP contribution in [0, 0.1) is 12.7 Å². The number of nitrogens with zero attached hydrogens (tertiary/aromatic N) is 1. The molecule has 0 spiro atoms. The number of pyridine rings is 1. The molecule has 2 aromatic rings. The van der Waals surface area contributed by atoms with Crippen molar-refractivity contribution >= 4 is 5.97 Å². The van der Waals surface area contributed by atoms with Gasteiger partial charge in [-0.1, -0.05) is 12.1 Å². The molecule has 92 valence electrons. The third-order valence-corrected chi connectivity index (χ3v) is 2.36. The molecule has 0 amide bonds. The van der Waals surface area contributed by atoms with Gasteiger partial charge in [0.25, 0.3) is 0 Å². The highest BCUT2D eigenvalue weighted by molar-refractivity contribution is 5.91. The molecule has 0 aliphatic heterocycles. The van der Waals surface area contributed by atoms with Gasteiger partial charge in [-0.15, -0.1) is 0 Å². The molecule has 0 atom stereocenters. The van der Waals surface area contributed by atoms with Crippen LogP contribution in [0.2, 0.25) is 0 Å². The van der Waals surface area contributed by atoms with Crippen LogP contribution in [0.3, 0.4) is 0 Å². The van der Waals surface area contributed by atoms with Crippen LogP contribution in [-0.2, 0) is 0 Å². The van der Waals surface area contributed by atoms with Crippen LogP contribution in [0.5, 0.6) is 11.6 Å². The second kappa shape index (κ2) is 4.83. The lowest BCUT2D eigenvalue weighted by Gasteiger charge is -2.09. The predicted molar refractivity (Wildman–Crippen MR) is 62.4 cm³/mol. The summed E-state index contributed by atoms with van der Waals surface area (Å²) in [4.78, 5) is 14.9. The first-order valence-corrected chi connectivity index (χ1v) is 5.21. The summed E-state index contributed by atoms with van der Waals surface area (Å²) in [5.74, 6) is -2.03. The van der Waals surface area contributed by atoms with Crippen molar-refractivity contribution in [1.82, 2.24) is 4.98 Å². The molecule has 2 rings (SSSR count). The fourth-order valence-corrected chi connectivity index (χ4v) is 1.48. The van der Waals surface area contributed by atoms with Crippen molar-refractivity contribution in [3.8, 4) is 11.6 Å². The SMILES string of the molecule is Cc1cccnc1Oc1cccc(F)c1C(=O)O. The summed E-state index contributed by atoms with van der Waals surface area (Å²) < 4.78 is 18.8. The number of aromatic nitrogens is 1. The zero-order valence-electron chi connectivity index (χ0n) is 9.55. The molecule has 1 N–H and O–H groups in total. The molecule has 0 aliphatic rings. The van der Waals surface area contributed by atoms with Crippen molar-refractivity contribution in [2.45, 2.75) is 6.92 Å². The van der Waals surface area contributed by atoms with Gasteiger partial charge < -0.3 is 9.84 Å². The number of ether oxygens (including phenoxy) is 1. The molecule has 0 saturated heterocycles. The van der Waals surface area contributed by atoms with Crippen molar-refractivity contribution in [3.05, 3.63) is 53.5 Å². The highest BCUT2D eigenvalue weighted by Gasteiger charge is 2.18. The lowest BCUT2D eigenvalue weighted by molar-refractivity contribution is 0.0689. The molecule has 0 aliphatic carbocycles. The van der Waals surface area contributed by atoms with Gasteiger partial charge in [-0.05, 0) is 25.1 Å². The molecule has 1 aromatic carbocycles. The number of carboxylic acids is 1. The average molecular weight is 247 g/mol. The Kier molecular flexibility index (Phi) is 3.23. The van der Waals surface area contributed by atoms with E-state index in [-0.39, 0.29) is 11.6 Å².